The highest BCUT2D eigenvalue weighted by Crippen LogP contribution is 2.38. The minimum Gasteiger partial charge on any atom is -0.469 e. The number of aryl methyl sites for hydroxylation is 1. The Labute approximate surface area is 171 Å². The van der Waals surface area contributed by atoms with Gasteiger partial charge in [0, 0.05) is 29.7 Å². The molecule has 0 bridgehead atoms. The number of oxazole rings is 1. The van der Waals surface area contributed by atoms with Gasteiger partial charge in [-0.25, -0.2) is 9.97 Å². The second-order valence-corrected chi connectivity index (χ2v) is 6.77. The van der Waals surface area contributed by atoms with Gasteiger partial charge in [-0.2, -0.15) is 0 Å². The van der Waals surface area contributed by atoms with Gasteiger partial charge in [0.25, 0.3) is 0 Å². The van der Waals surface area contributed by atoms with Crippen LogP contribution in [0.4, 0.5) is 0 Å². The van der Waals surface area contributed by atoms with Gasteiger partial charge in [-0.05, 0) is 30.7 Å². The van der Waals surface area contributed by atoms with E-state index in [1.54, 1.807) is 30.7 Å². The zero-order valence-corrected chi connectivity index (χ0v) is 16.5. The SMILES string of the molecule is COC(=O)Cc1cc(-c2nc(-c3ncc[nH]3)c(-c3ccccc3Cl)o2)c(C)cn1. The third kappa shape index (κ3) is 3.77. The van der Waals surface area contributed by atoms with Crippen molar-refractivity contribution < 1.29 is 13.9 Å². The number of rotatable bonds is 5. The van der Waals surface area contributed by atoms with E-state index in [2.05, 4.69) is 19.9 Å². The van der Waals surface area contributed by atoms with Crippen LogP contribution in [0.15, 0.2) is 53.3 Å². The summed E-state index contributed by atoms with van der Waals surface area (Å²) in [4.78, 5) is 28.0. The molecule has 3 aromatic heterocycles. The zero-order valence-electron chi connectivity index (χ0n) is 15.8. The minimum atomic E-state index is -0.368. The van der Waals surface area contributed by atoms with Crippen LogP contribution in [0, 0.1) is 6.92 Å². The monoisotopic (exact) mass is 408 g/mol. The lowest BCUT2D eigenvalue weighted by Crippen LogP contribution is -2.06. The summed E-state index contributed by atoms with van der Waals surface area (Å²) in [6.07, 6.45) is 5.10. The van der Waals surface area contributed by atoms with Crippen molar-refractivity contribution in [3.8, 4) is 34.3 Å². The topological polar surface area (TPSA) is 93.9 Å². The maximum absolute atomic E-state index is 11.6. The molecule has 7 nitrogen and oxygen atoms in total. The van der Waals surface area contributed by atoms with Crippen LogP contribution in [0.25, 0.3) is 34.3 Å². The van der Waals surface area contributed by atoms with Gasteiger partial charge in [-0.15, -0.1) is 0 Å². The van der Waals surface area contributed by atoms with Crippen molar-refractivity contribution in [1.82, 2.24) is 19.9 Å². The summed E-state index contributed by atoms with van der Waals surface area (Å²) in [7, 11) is 1.34. The van der Waals surface area contributed by atoms with Crippen molar-refractivity contribution in [2.75, 3.05) is 7.11 Å². The molecule has 0 amide bonds. The Morgan fingerprint density at radius 2 is 2.07 bits per heavy atom. The average Bonchev–Trinajstić information content (AvgIpc) is 3.39. The van der Waals surface area contributed by atoms with E-state index in [0.29, 0.717) is 39.4 Å². The molecule has 0 saturated carbocycles. The second-order valence-electron chi connectivity index (χ2n) is 6.36. The highest BCUT2D eigenvalue weighted by molar-refractivity contribution is 6.33. The molecule has 0 radical (unpaired) electrons. The average molecular weight is 409 g/mol. The Hall–Kier alpha value is -3.45. The maximum Gasteiger partial charge on any atom is 0.311 e. The maximum atomic E-state index is 11.6. The molecule has 0 aliphatic carbocycles. The third-order valence-electron chi connectivity index (χ3n) is 4.41. The molecule has 0 atom stereocenters. The first kappa shape index (κ1) is 18.9. The number of H-pyrrole nitrogens is 1. The Kier molecular flexibility index (Phi) is 5.14. The van der Waals surface area contributed by atoms with Crippen LogP contribution in [0.3, 0.4) is 0 Å². The number of halogens is 1. The summed E-state index contributed by atoms with van der Waals surface area (Å²) < 4.78 is 10.9. The van der Waals surface area contributed by atoms with E-state index in [4.69, 9.17) is 20.8 Å². The van der Waals surface area contributed by atoms with Crippen molar-refractivity contribution >= 4 is 17.6 Å². The fourth-order valence-electron chi connectivity index (χ4n) is 2.93. The van der Waals surface area contributed by atoms with E-state index in [0.717, 1.165) is 11.1 Å². The van der Waals surface area contributed by atoms with Gasteiger partial charge in [0.05, 0.1) is 24.2 Å². The van der Waals surface area contributed by atoms with Crippen LogP contribution in [0.2, 0.25) is 5.02 Å². The van der Waals surface area contributed by atoms with Crippen LogP contribution in [0.5, 0.6) is 0 Å². The van der Waals surface area contributed by atoms with E-state index in [1.807, 2.05) is 25.1 Å². The lowest BCUT2D eigenvalue weighted by Gasteiger charge is -2.05. The quantitative estimate of drug-likeness (QED) is 0.489. The summed E-state index contributed by atoms with van der Waals surface area (Å²) in [6, 6.07) is 9.15. The molecule has 29 heavy (non-hydrogen) atoms. The molecule has 3 heterocycles. The Bertz CT molecular complexity index is 1170. The molecule has 4 rings (SSSR count). The number of aromatic amines is 1. The van der Waals surface area contributed by atoms with E-state index in [-0.39, 0.29) is 12.4 Å². The smallest absolute Gasteiger partial charge is 0.311 e. The van der Waals surface area contributed by atoms with Crippen LogP contribution >= 0.6 is 11.6 Å². The van der Waals surface area contributed by atoms with E-state index in [9.17, 15) is 4.79 Å². The van der Waals surface area contributed by atoms with Gasteiger partial charge < -0.3 is 14.1 Å². The minimum absolute atomic E-state index is 0.0624. The molecule has 1 N–H and O–H groups in total. The van der Waals surface area contributed by atoms with Crippen molar-refractivity contribution in [1.29, 1.82) is 0 Å². The summed E-state index contributed by atoms with van der Waals surface area (Å²) in [5.41, 5.74) is 3.40. The number of benzene rings is 1. The van der Waals surface area contributed by atoms with Gasteiger partial charge in [0.1, 0.15) is 0 Å². The number of ether oxygens (including phenoxy) is 1. The normalized spacial score (nSPS) is 10.9. The number of imidazole rings is 1. The number of aromatic nitrogens is 4. The molecule has 0 unspecified atom stereocenters. The number of nitrogens with zero attached hydrogens (tertiary/aromatic N) is 3. The first-order chi connectivity index (χ1) is 14.1. The van der Waals surface area contributed by atoms with Gasteiger partial charge in [0.2, 0.25) is 5.89 Å². The van der Waals surface area contributed by atoms with Crippen LogP contribution in [-0.4, -0.2) is 33.0 Å². The van der Waals surface area contributed by atoms with Crippen molar-refractivity contribution in [2.45, 2.75) is 13.3 Å². The molecule has 0 aliphatic rings. The second kappa shape index (κ2) is 7.89. The molecule has 8 heteroatoms. The first-order valence-corrected chi connectivity index (χ1v) is 9.23. The molecule has 0 spiro atoms. The number of hydrogen-bond acceptors (Lipinski definition) is 6. The van der Waals surface area contributed by atoms with Crippen LogP contribution in [-0.2, 0) is 16.0 Å². The molecule has 0 saturated heterocycles. The number of nitrogens with one attached hydrogen (secondary N) is 1. The number of carbonyl (C=O) groups is 1. The molecule has 0 fully saturated rings. The Morgan fingerprint density at radius 1 is 1.24 bits per heavy atom. The molecular weight excluding hydrogens is 392 g/mol. The number of hydrogen-bond donors (Lipinski definition) is 1. The summed E-state index contributed by atoms with van der Waals surface area (Å²) in [5, 5.41) is 0.542. The molecule has 0 aliphatic heterocycles. The summed E-state index contributed by atoms with van der Waals surface area (Å²) >= 11 is 6.40. The van der Waals surface area contributed by atoms with Crippen molar-refractivity contribution in [3.05, 3.63) is 65.2 Å². The lowest BCUT2D eigenvalue weighted by atomic mass is 10.1. The Morgan fingerprint density at radius 3 is 2.79 bits per heavy atom. The number of methoxy groups -OCH3 is 1. The third-order valence-corrected chi connectivity index (χ3v) is 4.74. The lowest BCUT2D eigenvalue weighted by molar-refractivity contribution is -0.139. The summed E-state index contributed by atoms with van der Waals surface area (Å²) in [5.74, 6) is 1.09. The zero-order chi connectivity index (χ0) is 20.4. The molecule has 1 aromatic carbocycles. The Balaban J connectivity index is 1.86. The largest absolute Gasteiger partial charge is 0.469 e. The van der Waals surface area contributed by atoms with Crippen molar-refractivity contribution in [2.24, 2.45) is 0 Å². The van der Waals surface area contributed by atoms with Gasteiger partial charge in [-0.3, -0.25) is 9.78 Å². The van der Waals surface area contributed by atoms with Crippen molar-refractivity contribution in [3.63, 3.8) is 0 Å². The molecule has 146 valence electrons. The van der Waals surface area contributed by atoms with E-state index < -0.39 is 0 Å². The molecule has 4 aromatic rings. The van der Waals surface area contributed by atoms with Gasteiger partial charge in [0.15, 0.2) is 17.3 Å². The highest BCUT2D eigenvalue weighted by Gasteiger charge is 2.22. The van der Waals surface area contributed by atoms with E-state index >= 15 is 0 Å². The van der Waals surface area contributed by atoms with Gasteiger partial charge in [-0.1, -0.05) is 23.7 Å². The predicted octanol–water partition coefficient (Wildman–Crippen LogP) is 4.47. The summed E-state index contributed by atoms with van der Waals surface area (Å²) in [6.45, 7) is 1.90. The van der Waals surface area contributed by atoms with Gasteiger partial charge >= 0.3 is 5.97 Å². The van der Waals surface area contributed by atoms with Crippen LogP contribution in [0.1, 0.15) is 11.3 Å². The predicted molar refractivity (Wildman–Crippen MR) is 108 cm³/mol. The number of pyridine rings is 1. The van der Waals surface area contributed by atoms with E-state index in [1.165, 1.54) is 7.11 Å². The first-order valence-electron chi connectivity index (χ1n) is 8.85. The number of esters is 1. The molecular formula is C21H17ClN4O3. The number of carbonyl (C=O) groups excluding carboxylic acids is 1. The van der Waals surface area contributed by atoms with Crippen LogP contribution < -0.4 is 0 Å². The standard InChI is InChI=1S/C21H17ClN4O3/c1-12-11-25-13(10-17(27)28-2)9-15(12)21-26-18(20-23-7-8-24-20)19(29-21)14-5-3-4-6-16(14)22/h3-9,11H,10H2,1-2H3,(H,23,24). The fourth-order valence-corrected chi connectivity index (χ4v) is 3.15. The fraction of sp³-hybridized carbons (Fsp3) is 0.143. The highest BCUT2D eigenvalue weighted by atomic mass is 35.5.